The highest BCUT2D eigenvalue weighted by Crippen LogP contribution is 2.16. The summed E-state index contributed by atoms with van der Waals surface area (Å²) in [7, 11) is 1.97. The lowest BCUT2D eigenvalue weighted by Gasteiger charge is -2.03. The molecule has 2 amide bonds. The van der Waals surface area contributed by atoms with Gasteiger partial charge in [-0.2, -0.15) is 0 Å². The normalized spacial score (nSPS) is 10.6. The number of aromatic nitrogens is 2. The number of amides is 2. The molecule has 1 heterocycles. The quantitative estimate of drug-likeness (QED) is 0.763. The number of nitrogens with two attached hydrogens (primary N) is 1. The van der Waals surface area contributed by atoms with Crippen molar-refractivity contribution >= 4 is 22.8 Å². The monoisotopic (exact) mass is 260 g/mol. The van der Waals surface area contributed by atoms with Crippen molar-refractivity contribution in [3.63, 3.8) is 0 Å². The van der Waals surface area contributed by atoms with Crippen LogP contribution in [0.25, 0.3) is 11.0 Å². The first-order valence-corrected chi connectivity index (χ1v) is 5.98. The summed E-state index contributed by atoms with van der Waals surface area (Å²) in [5.41, 5.74) is 7.90. The van der Waals surface area contributed by atoms with Crippen molar-refractivity contribution in [1.29, 1.82) is 0 Å². The molecule has 3 N–H and O–H groups in total. The molecule has 6 nitrogen and oxygen atoms in total. The van der Waals surface area contributed by atoms with Crippen LogP contribution in [0.3, 0.4) is 0 Å². The van der Waals surface area contributed by atoms with Crippen molar-refractivity contribution in [2.24, 2.45) is 12.8 Å². The van der Waals surface area contributed by atoms with Gasteiger partial charge in [0.1, 0.15) is 5.82 Å². The van der Waals surface area contributed by atoms with Gasteiger partial charge in [0.15, 0.2) is 0 Å². The van der Waals surface area contributed by atoms with Crippen molar-refractivity contribution < 1.29 is 9.59 Å². The van der Waals surface area contributed by atoms with Crippen molar-refractivity contribution in [2.45, 2.75) is 13.3 Å². The molecule has 0 radical (unpaired) electrons. The predicted molar refractivity (Wildman–Crippen MR) is 71.4 cm³/mol. The Morgan fingerprint density at radius 3 is 2.84 bits per heavy atom. The second kappa shape index (κ2) is 5.09. The maximum Gasteiger partial charge on any atom is 0.309 e. The molecule has 0 spiro atoms. The molecule has 0 aliphatic rings. The van der Waals surface area contributed by atoms with E-state index in [1.807, 2.05) is 36.7 Å². The van der Waals surface area contributed by atoms with E-state index in [0.717, 1.165) is 22.4 Å². The molecular weight excluding hydrogens is 244 g/mol. The van der Waals surface area contributed by atoms with Crippen molar-refractivity contribution in [2.75, 3.05) is 6.54 Å². The molecular formula is C13H16N4O2. The molecule has 0 aliphatic heterocycles. The van der Waals surface area contributed by atoms with E-state index in [1.54, 1.807) is 0 Å². The summed E-state index contributed by atoms with van der Waals surface area (Å²) in [4.78, 5) is 26.0. The Balaban J connectivity index is 2.06. The summed E-state index contributed by atoms with van der Waals surface area (Å²) in [6.45, 7) is 2.33. The molecule has 0 atom stereocenters. The minimum Gasteiger partial charge on any atom is -0.361 e. The molecule has 19 heavy (non-hydrogen) atoms. The van der Waals surface area contributed by atoms with E-state index in [4.69, 9.17) is 5.73 Å². The number of rotatable bonds is 3. The molecule has 0 saturated heterocycles. The minimum absolute atomic E-state index is 0.374. The number of carbonyl (C=O) groups is 2. The highest BCUT2D eigenvalue weighted by molar-refractivity contribution is 6.34. The van der Waals surface area contributed by atoms with Gasteiger partial charge in [0.25, 0.3) is 0 Å². The Morgan fingerprint density at radius 2 is 2.16 bits per heavy atom. The lowest BCUT2D eigenvalue weighted by atomic mass is 10.1. The standard InChI is InChI=1S/C13H16N4O2/c1-8-16-10-7-9(3-4-11(10)17(8)2)5-6-15-13(19)12(14)18/h3-4,7H,5-6H2,1-2H3,(H2,14,18)(H,15,19). The molecule has 0 bridgehead atoms. The Kier molecular flexibility index (Phi) is 3.50. The van der Waals surface area contributed by atoms with Crippen LogP contribution in [0.2, 0.25) is 0 Å². The zero-order valence-electron chi connectivity index (χ0n) is 10.9. The van der Waals surface area contributed by atoms with Gasteiger partial charge < -0.3 is 15.6 Å². The van der Waals surface area contributed by atoms with Crippen LogP contribution in [0.1, 0.15) is 11.4 Å². The molecule has 1 aromatic heterocycles. The SMILES string of the molecule is Cc1nc2cc(CCNC(=O)C(N)=O)ccc2n1C. The van der Waals surface area contributed by atoms with E-state index < -0.39 is 11.8 Å². The Bertz CT molecular complexity index is 645. The van der Waals surface area contributed by atoms with Crippen LogP contribution in [0.15, 0.2) is 18.2 Å². The summed E-state index contributed by atoms with van der Waals surface area (Å²) in [6, 6.07) is 5.97. The first-order valence-electron chi connectivity index (χ1n) is 5.98. The number of hydrogen-bond acceptors (Lipinski definition) is 3. The number of nitrogens with zero attached hydrogens (tertiary/aromatic N) is 2. The molecule has 0 unspecified atom stereocenters. The Labute approximate surface area is 110 Å². The minimum atomic E-state index is -0.962. The maximum atomic E-state index is 11.0. The Hall–Kier alpha value is -2.37. The van der Waals surface area contributed by atoms with E-state index >= 15 is 0 Å². The first kappa shape index (κ1) is 13.1. The molecule has 1 aromatic carbocycles. The van der Waals surface area contributed by atoms with Crippen LogP contribution >= 0.6 is 0 Å². The number of aryl methyl sites for hydroxylation is 2. The second-order valence-corrected chi connectivity index (χ2v) is 4.41. The summed E-state index contributed by atoms with van der Waals surface area (Å²) < 4.78 is 2.02. The number of primary amides is 1. The van der Waals surface area contributed by atoms with Crippen LogP contribution in [0.4, 0.5) is 0 Å². The highest BCUT2D eigenvalue weighted by Gasteiger charge is 2.08. The fourth-order valence-electron chi connectivity index (χ4n) is 1.93. The highest BCUT2D eigenvalue weighted by atomic mass is 16.2. The molecule has 0 fully saturated rings. The topological polar surface area (TPSA) is 90.0 Å². The number of nitrogens with one attached hydrogen (secondary N) is 1. The zero-order valence-corrected chi connectivity index (χ0v) is 10.9. The fraction of sp³-hybridized carbons (Fsp3) is 0.308. The van der Waals surface area contributed by atoms with E-state index in [2.05, 4.69) is 10.3 Å². The lowest BCUT2D eigenvalue weighted by molar-refractivity contribution is -0.137. The average Bonchev–Trinajstić information content (AvgIpc) is 2.64. The van der Waals surface area contributed by atoms with Crippen LogP contribution in [0, 0.1) is 6.92 Å². The van der Waals surface area contributed by atoms with Gasteiger partial charge in [-0.15, -0.1) is 0 Å². The molecule has 2 aromatic rings. The van der Waals surface area contributed by atoms with Gasteiger partial charge in [0.2, 0.25) is 0 Å². The maximum absolute atomic E-state index is 11.0. The molecule has 2 rings (SSSR count). The number of fused-ring (bicyclic) bond motifs is 1. The first-order chi connectivity index (χ1) is 8.99. The predicted octanol–water partition coefficient (Wildman–Crippen LogP) is 0.0257. The molecule has 0 saturated carbocycles. The summed E-state index contributed by atoms with van der Waals surface area (Å²) in [5, 5.41) is 2.46. The fourth-order valence-corrected chi connectivity index (χ4v) is 1.93. The van der Waals surface area contributed by atoms with Crippen LogP contribution < -0.4 is 11.1 Å². The third kappa shape index (κ3) is 2.73. The third-order valence-electron chi connectivity index (χ3n) is 3.09. The second-order valence-electron chi connectivity index (χ2n) is 4.41. The summed E-state index contributed by atoms with van der Waals surface area (Å²) >= 11 is 0. The molecule has 0 aliphatic carbocycles. The number of imidazole rings is 1. The number of hydrogen-bond donors (Lipinski definition) is 2. The van der Waals surface area contributed by atoms with Crippen LogP contribution in [0.5, 0.6) is 0 Å². The van der Waals surface area contributed by atoms with E-state index in [9.17, 15) is 9.59 Å². The van der Waals surface area contributed by atoms with Gasteiger partial charge >= 0.3 is 11.8 Å². The Morgan fingerprint density at radius 1 is 1.42 bits per heavy atom. The zero-order chi connectivity index (χ0) is 14.0. The summed E-state index contributed by atoms with van der Waals surface area (Å²) in [6.07, 6.45) is 0.630. The van der Waals surface area contributed by atoms with E-state index in [0.29, 0.717) is 13.0 Å². The van der Waals surface area contributed by atoms with E-state index in [-0.39, 0.29) is 0 Å². The van der Waals surface area contributed by atoms with Crippen molar-refractivity contribution in [1.82, 2.24) is 14.9 Å². The lowest BCUT2D eigenvalue weighted by Crippen LogP contribution is -2.37. The number of carbonyl (C=O) groups excluding carboxylic acids is 2. The van der Waals surface area contributed by atoms with Gasteiger partial charge in [-0.3, -0.25) is 9.59 Å². The van der Waals surface area contributed by atoms with Gasteiger partial charge in [0.05, 0.1) is 11.0 Å². The van der Waals surface area contributed by atoms with Gasteiger partial charge in [-0.05, 0) is 31.0 Å². The number of benzene rings is 1. The van der Waals surface area contributed by atoms with Crippen LogP contribution in [-0.4, -0.2) is 27.9 Å². The largest absolute Gasteiger partial charge is 0.361 e. The van der Waals surface area contributed by atoms with Gasteiger partial charge in [0, 0.05) is 13.6 Å². The smallest absolute Gasteiger partial charge is 0.309 e. The van der Waals surface area contributed by atoms with Crippen molar-refractivity contribution in [3.8, 4) is 0 Å². The average molecular weight is 260 g/mol. The van der Waals surface area contributed by atoms with E-state index in [1.165, 1.54) is 0 Å². The van der Waals surface area contributed by atoms with Crippen molar-refractivity contribution in [3.05, 3.63) is 29.6 Å². The molecule has 100 valence electrons. The van der Waals surface area contributed by atoms with Gasteiger partial charge in [-0.25, -0.2) is 4.98 Å². The summed E-state index contributed by atoms with van der Waals surface area (Å²) in [5.74, 6) is -0.764. The third-order valence-corrected chi connectivity index (χ3v) is 3.09. The van der Waals surface area contributed by atoms with Gasteiger partial charge in [-0.1, -0.05) is 6.07 Å². The van der Waals surface area contributed by atoms with Crippen LogP contribution in [-0.2, 0) is 23.1 Å². The molecule has 6 heteroatoms.